The van der Waals surface area contributed by atoms with E-state index in [0.717, 1.165) is 18.0 Å². The molecule has 3 heteroatoms. The Hall–Kier alpha value is -0.600. The maximum absolute atomic E-state index is 12.9. The van der Waals surface area contributed by atoms with Crippen LogP contribution in [0, 0.1) is 11.7 Å². The molecule has 1 aromatic carbocycles. The molecule has 0 unspecified atom stereocenters. The zero-order chi connectivity index (χ0) is 9.97. The first-order valence-electron chi connectivity index (χ1n) is 4.90. The van der Waals surface area contributed by atoms with Gasteiger partial charge in [0.2, 0.25) is 0 Å². The van der Waals surface area contributed by atoms with Crippen molar-refractivity contribution < 1.29 is 4.39 Å². The summed E-state index contributed by atoms with van der Waals surface area (Å²) in [7, 11) is 0. The molecule has 0 aromatic heterocycles. The van der Waals surface area contributed by atoms with Gasteiger partial charge in [0, 0.05) is 11.6 Å². The topological polar surface area (TPSA) is 12.0 Å². The van der Waals surface area contributed by atoms with E-state index < -0.39 is 0 Å². The van der Waals surface area contributed by atoms with Crippen LogP contribution >= 0.6 is 11.6 Å². The number of hydrogen-bond acceptors (Lipinski definition) is 1. The van der Waals surface area contributed by atoms with Crippen LogP contribution in [0.2, 0.25) is 5.02 Å². The third-order valence-corrected chi connectivity index (χ3v) is 2.60. The van der Waals surface area contributed by atoms with E-state index in [2.05, 4.69) is 5.32 Å². The van der Waals surface area contributed by atoms with Gasteiger partial charge in [-0.3, -0.25) is 0 Å². The van der Waals surface area contributed by atoms with Gasteiger partial charge in [-0.2, -0.15) is 0 Å². The van der Waals surface area contributed by atoms with E-state index in [0.29, 0.717) is 11.6 Å². The van der Waals surface area contributed by atoms with Crippen LogP contribution in [0.4, 0.5) is 4.39 Å². The third-order valence-electron chi connectivity index (χ3n) is 2.38. The van der Waals surface area contributed by atoms with Crippen molar-refractivity contribution in [1.29, 1.82) is 0 Å². The normalized spacial score (nSPS) is 15.9. The summed E-state index contributed by atoms with van der Waals surface area (Å²) in [6.07, 6.45) is 2.66. The molecule has 0 aliphatic heterocycles. The Balaban J connectivity index is 1.87. The van der Waals surface area contributed by atoms with Gasteiger partial charge in [0.1, 0.15) is 5.82 Å². The lowest BCUT2D eigenvalue weighted by Crippen LogP contribution is -2.16. The highest BCUT2D eigenvalue weighted by molar-refractivity contribution is 6.30. The zero-order valence-corrected chi connectivity index (χ0v) is 8.65. The van der Waals surface area contributed by atoms with Gasteiger partial charge in [0.15, 0.2) is 0 Å². The Morgan fingerprint density at radius 3 is 2.79 bits per heavy atom. The molecule has 14 heavy (non-hydrogen) atoms. The molecule has 0 radical (unpaired) electrons. The van der Waals surface area contributed by atoms with Crippen LogP contribution in [-0.2, 0) is 6.54 Å². The van der Waals surface area contributed by atoms with E-state index in [1.807, 2.05) is 0 Å². The fourth-order valence-corrected chi connectivity index (χ4v) is 1.70. The lowest BCUT2D eigenvalue weighted by atomic mass is 10.2. The molecule has 0 atom stereocenters. The Morgan fingerprint density at radius 2 is 2.14 bits per heavy atom. The van der Waals surface area contributed by atoms with E-state index in [1.54, 1.807) is 6.07 Å². The minimum Gasteiger partial charge on any atom is -0.312 e. The quantitative estimate of drug-likeness (QED) is 0.811. The molecule has 1 nitrogen and oxygen atoms in total. The lowest BCUT2D eigenvalue weighted by molar-refractivity contribution is 0.613. The lowest BCUT2D eigenvalue weighted by Gasteiger charge is -2.04. The first-order valence-corrected chi connectivity index (χ1v) is 5.27. The first-order chi connectivity index (χ1) is 6.74. The van der Waals surface area contributed by atoms with Crippen molar-refractivity contribution in [3.05, 3.63) is 34.6 Å². The highest BCUT2D eigenvalue weighted by Gasteiger charge is 2.20. The zero-order valence-electron chi connectivity index (χ0n) is 7.89. The van der Waals surface area contributed by atoms with Crippen molar-refractivity contribution in [3.8, 4) is 0 Å². The van der Waals surface area contributed by atoms with E-state index in [1.165, 1.54) is 25.0 Å². The van der Waals surface area contributed by atoms with E-state index >= 15 is 0 Å². The summed E-state index contributed by atoms with van der Waals surface area (Å²) < 4.78 is 12.9. The Kier molecular flexibility index (Phi) is 3.04. The average Bonchev–Trinajstić information content (AvgIpc) is 2.86. The number of benzene rings is 1. The summed E-state index contributed by atoms with van der Waals surface area (Å²) in [4.78, 5) is 0. The first kappa shape index (κ1) is 9.94. The molecule has 1 aromatic rings. The highest BCUT2D eigenvalue weighted by atomic mass is 35.5. The summed E-state index contributed by atoms with van der Waals surface area (Å²) >= 11 is 5.74. The Morgan fingerprint density at radius 1 is 1.36 bits per heavy atom. The molecule has 2 rings (SSSR count). The van der Waals surface area contributed by atoms with Crippen LogP contribution in [0.3, 0.4) is 0 Å². The van der Waals surface area contributed by atoms with Crippen molar-refractivity contribution in [2.75, 3.05) is 6.54 Å². The van der Waals surface area contributed by atoms with Gasteiger partial charge < -0.3 is 5.32 Å². The van der Waals surface area contributed by atoms with Crippen LogP contribution in [0.15, 0.2) is 18.2 Å². The monoisotopic (exact) mass is 213 g/mol. The van der Waals surface area contributed by atoms with Crippen molar-refractivity contribution >= 4 is 11.6 Å². The fraction of sp³-hybridized carbons (Fsp3) is 0.455. The molecule has 0 bridgehead atoms. The molecule has 76 valence electrons. The second-order valence-electron chi connectivity index (χ2n) is 3.85. The molecular formula is C11H13ClFN. The largest absolute Gasteiger partial charge is 0.312 e. The summed E-state index contributed by atoms with van der Waals surface area (Å²) in [6.45, 7) is 1.74. The third kappa shape index (κ3) is 2.96. The summed E-state index contributed by atoms with van der Waals surface area (Å²) in [5, 5.41) is 3.76. The van der Waals surface area contributed by atoms with E-state index in [-0.39, 0.29) is 5.82 Å². The fourth-order valence-electron chi connectivity index (χ4n) is 1.46. The maximum atomic E-state index is 12.9. The molecule has 1 aliphatic carbocycles. The standard InChI is InChI=1S/C11H13ClFN/c12-10-3-9(4-11(13)5-10)7-14-6-8-1-2-8/h3-5,8,14H,1-2,6-7H2. The van der Waals surface area contributed by atoms with Gasteiger partial charge in [-0.15, -0.1) is 0 Å². The predicted molar refractivity (Wildman–Crippen MR) is 55.8 cm³/mol. The number of halogens is 2. The van der Waals surface area contributed by atoms with Crippen LogP contribution < -0.4 is 5.32 Å². The van der Waals surface area contributed by atoms with Gasteiger partial charge in [0.25, 0.3) is 0 Å². The minimum absolute atomic E-state index is 0.263. The number of rotatable bonds is 4. The van der Waals surface area contributed by atoms with Crippen LogP contribution in [0.5, 0.6) is 0 Å². The second-order valence-corrected chi connectivity index (χ2v) is 4.29. The van der Waals surface area contributed by atoms with Crippen LogP contribution in [0.1, 0.15) is 18.4 Å². The molecule has 1 fully saturated rings. The SMILES string of the molecule is Fc1cc(Cl)cc(CNCC2CC2)c1. The highest BCUT2D eigenvalue weighted by Crippen LogP contribution is 2.27. The second kappa shape index (κ2) is 4.28. The smallest absolute Gasteiger partial charge is 0.125 e. The van der Waals surface area contributed by atoms with Crippen LogP contribution in [0.25, 0.3) is 0 Å². The maximum Gasteiger partial charge on any atom is 0.125 e. The van der Waals surface area contributed by atoms with Gasteiger partial charge in [-0.25, -0.2) is 4.39 Å². The molecular weight excluding hydrogens is 201 g/mol. The van der Waals surface area contributed by atoms with Gasteiger partial charge in [-0.05, 0) is 49.1 Å². The summed E-state index contributed by atoms with van der Waals surface area (Å²) in [6, 6.07) is 4.64. The van der Waals surface area contributed by atoms with Crippen molar-refractivity contribution in [2.45, 2.75) is 19.4 Å². The molecule has 0 saturated heterocycles. The summed E-state index contributed by atoms with van der Waals surface area (Å²) in [5.74, 6) is 0.583. The average molecular weight is 214 g/mol. The molecule has 0 spiro atoms. The molecule has 1 aliphatic rings. The van der Waals surface area contributed by atoms with Gasteiger partial charge in [-0.1, -0.05) is 11.6 Å². The molecule has 0 heterocycles. The van der Waals surface area contributed by atoms with Crippen LogP contribution in [-0.4, -0.2) is 6.54 Å². The molecule has 1 saturated carbocycles. The van der Waals surface area contributed by atoms with Crippen molar-refractivity contribution in [2.24, 2.45) is 5.92 Å². The Labute approximate surface area is 88.3 Å². The van der Waals surface area contributed by atoms with E-state index in [9.17, 15) is 4.39 Å². The minimum atomic E-state index is -0.263. The molecule has 1 N–H and O–H groups in total. The molecule has 0 amide bonds. The predicted octanol–water partition coefficient (Wildman–Crippen LogP) is 2.98. The number of nitrogens with one attached hydrogen (secondary N) is 1. The van der Waals surface area contributed by atoms with Gasteiger partial charge in [0.05, 0.1) is 0 Å². The summed E-state index contributed by atoms with van der Waals surface area (Å²) in [5.41, 5.74) is 0.913. The van der Waals surface area contributed by atoms with Crippen molar-refractivity contribution in [3.63, 3.8) is 0 Å². The van der Waals surface area contributed by atoms with E-state index in [4.69, 9.17) is 11.6 Å². The van der Waals surface area contributed by atoms with Gasteiger partial charge >= 0.3 is 0 Å². The van der Waals surface area contributed by atoms with Crippen molar-refractivity contribution in [1.82, 2.24) is 5.32 Å². The number of hydrogen-bond donors (Lipinski definition) is 1. The Bertz CT molecular complexity index is 303.